The highest BCUT2D eigenvalue weighted by molar-refractivity contribution is 7.91. The molecule has 1 aliphatic rings. The van der Waals surface area contributed by atoms with Crippen LogP contribution in [-0.2, 0) is 9.84 Å². The van der Waals surface area contributed by atoms with E-state index in [-0.39, 0.29) is 6.04 Å². The van der Waals surface area contributed by atoms with E-state index in [2.05, 4.69) is 0 Å². The molecule has 0 bridgehead atoms. The van der Waals surface area contributed by atoms with E-state index in [1.165, 1.54) is 19.3 Å². The van der Waals surface area contributed by atoms with Crippen LogP contribution in [0.15, 0.2) is 0 Å². The molecule has 0 saturated heterocycles. The molecule has 0 radical (unpaired) electrons. The van der Waals surface area contributed by atoms with E-state index in [0.29, 0.717) is 17.4 Å². The van der Waals surface area contributed by atoms with Crippen molar-refractivity contribution < 1.29 is 8.42 Å². The van der Waals surface area contributed by atoms with Gasteiger partial charge in [-0.15, -0.1) is 0 Å². The maximum Gasteiger partial charge on any atom is 0.150 e. The van der Waals surface area contributed by atoms with E-state index in [1.807, 2.05) is 6.92 Å². The Hall–Kier alpha value is -0.0900. The topological polar surface area (TPSA) is 60.2 Å². The smallest absolute Gasteiger partial charge is 0.150 e. The van der Waals surface area contributed by atoms with Crippen LogP contribution in [0.3, 0.4) is 0 Å². The van der Waals surface area contributed by atoms with E-state index in [4.69, 9.17) is 5.73 Å². The number of sulfone groups is 1. The molecule has 2 atom stereocenters. The molecule has 0 aliphatic heterocycles. The van der Waals surface area contributed by atoms with E-state index >= 15 is 0 Å². The highest BCUT2D eigenvalue weighted by Gasteiger charge is 2.22. The SMILES string of the molecule is CCCS(=O)(=O)CCC1CCCCCC1N. The van der Waals surface area contributed by atoms with Crippen molar-refractivity contribution in [2.45, 2.75) is 57.9 Å². The van der Waals surface area contributed by atoms with Crippen LogP contribution in [0.2, 0.25) is 0 Å². The Morgan fingerprint density at radius 1 is 1.12 bits per heavy atom. The van der Waals surface area contributed by atoms with Crippen LogP contribution in [0.1, 0.15) is 51.9 Å². The normalized spacial score (nSPS) is 27.6. The van der Waals surface area contributed by atoms with Crippen LogP contribution in [0, 0.1) is 5.92 Å². The molecule has 0 aromatic heterocycles. The molecular formula is C12H25NO2S. The van der Waals surface area contributed by atoms with Gasteiger partial charge in [-0.1, -0.05) is 26.2 Å². The van der Waals surface area contributed by atoms with Gasteiger partial charge in [0.2, 0.25) is 0 Å². The first-order chi connectivity index (χ1) is 7.55. The molecule has 0 amide bonds. The van der Waals surface area contributed by atoms with Crippen molar-refractivity contribution in [3.8, 4) is 0 Å². The molecule has 16 heavy (non-hydrogen) atoms. The average Bonchev–Trinajstić information content (AvgIpc) is 2.40. The van der Waals surface area contributed by atoms with Crippen LogP contribution >= 0.6 is 0 Å². The van der Waals surface area contributed by atoms with Crippen molar-refractivity contribution in [2.75, 3.05) is 11.5 Å². The zero-order valence-electron chi connectivity index (χ0n) is 10.3. The molecule has 0 aromatic rings. The lowest BCUT2D eigenvalue weighted by molar-refractivity contribution is 0.386. The zero-order chi connectivity index (χ0) is 12.0. The van der Waals surface area contributed by atoms with Crippen molar-refractivity contribution in [2.24, 2.45) is 11.7 Å². The number of hydrogen-bond acceptors (Lipinski definition) is 3. The number of hydrogen-bond donors (Lipinski definition) is 1. The Balaban J connectivity index is 2.40. The van der Waals surface area contributed by atoms with Gasteiger partial charge in [-0.05, 0) is 31.6 Å². The van der Waals surface area contributed by atoms with Gasteiger partial charge in [0.1, 0.15) is 9.84 Å². The molecule has 96 valence electrons. The zero-order valence-corrected chi connectivity index (χ0v) is 11.1. The maximum absolute atomic E-state index is 11.6. The molecule has 1 rings (SSSR count). The maximum atomic E-state index is 11.6. The first-order valence-corrected chi connectivity index (χ1v) is 8.33. The second kappa shape index (κ2) is 6.60. The van der Waals surface area contributed by atoms with Gasteiger partial charge in [0, 0.05) is 11.8 Å². The molecule has 0 aromatic carbocycles. The lowest BCUT2D eigenvalue weighted by Gasteiger charge is -2.20. The molecule has 0 spiro atoms. The Kier molecular flexibility index (Phi) is 5.76. The summed E-state index contributed by atoms with van der Waals surface area (Å²) in [5.41, 5.74) is 6.09. The standard InChI is InChI=1S/C12H25NO2S/c1-2-9-16(14,15)10-8-11-6-4-3-5-7-12(11)13/h11-12H,2-10,13H2,1H3. The molecule has 2 unspecified atom stereocenters. The summed E-state index contributed by atoms with van der Waals surface area (Å²) in [4.78, 5) is 0. The van der Waals surface area contributed by atoms with Gasteiger partial charge < -0.3 is 5.73 Å². The fraction of sp³-hybridized carbons (Fsp3) is 1.00. The lowest BCUT2D eigenvalue weighted by atomic mass is 9.93. The van der Waals surface area contributed by atoms with Crippen molar-refractivity contribution >= 4 is 9.84 Å². The Labute approximate surface area is 99.7 Å². The second-order valence-corrected chi connectivity index (χ2v) is 7.31. The van der Waals surface area contributed by atoms with E-state index in [0.717, 1.165) is 25.7 Å². The second-order valence-electron chi connectivity index (χ2n) is 5.00. The van der Waals surface area contributed by atoms with E-state index in [1.54, 1.807) is 0 Å². The van der Waals surface area contributed by atoms with Crippen LogP contribution in [0.5, 0.6) is 0 Å². The molecule has 1 aliphatic carbocycles. The predicted molar refractivity (Wildman–Crippen MR) is 68.1 cm³/mol. The summed E-state index contributed by atoms with van der Waals surface area (Å²) < 4.78 is 23.2. The van der Waals surface area contributed by atoms with Crippen LogP contribution in [0.25, 0.3) is 0 Å². The fourth-order valence-corrected chi connectivity index (χ4v) is 4.00. The monoisotopic (exact) mass is 247 g/mol. The highest BCUT2D eigenvalue weighted by Crippen LogP contribution is 2.25. The summed E-state index contributed by atoms with van der Waals surface area (Å²) in [5, 5.41) is 0. The minimum atomic E-state index is -2.82. The lowest BCUT2D eigenvalue weighted by Crippen LogP contribution is -2.30. The van der Waals surface area contributed by atoms with Gasteiger partial charge >= 0.3 is 0 Å². The number of rotatable bonds is 5. The molecule has 2 N–H and O–H groups in total. The first kappa shape index (κ1) is 14.0. The van der Waals surface area contributed by atoms with Gasteiger partial charge in [0.15, 0.2) is 0 Å². The molecule has 1 saturated carbocycles. The Bertz CT molecular complexity index is 287. The third-order valence-electron chi connectivity index (χ3n) is 3.53. The quantitative estimate of drug-likeness (QED) is 0.757. The van der Waals surface area contributed by atoms with Gasteiger partial charge in [-0.2, -0.15) is 0 Å². The van der Waals surface area contributed by atoms with Crippen molar-refractivity contribution in [1.82, 2.24) is 0 Å². The summed E-state index contributed by atoms with van der Waals surface area (Å²) in [6, 6.07) is 0.222. The number of nitrogens with two attached hydrogens (primary N) is 1. The molecule has 3 nitrogen and oxygen atoms in total. The summed E-state index contributed by atoms with van der Waals surface area (Å²) in [6.45, 7) is 1.91. The average molecular weight is 247 g/mol. The summed E-state index contributed by atoms with van der Waals surface area (Å²) in [6.07, 6.45) is 7.35. The molecule has 1 fully saturated rings. The molecule has 4 heteroatoms. The fourth-order valence-electron chi connectivity index (χ4n) is 2.52. The van der Waals surface area contributed by atoms with Crippen molar-refractivity contribution in [3.63, 3.8) is 0 Å². The third-order valence-corrected chi connectivity index (χ3v) is 5.42. The van der Waals surface area contributed by atoms with Crippen molar-refractivity contribution in [3.05, 3.63) is 0 Å². The van der Waals surface area contributed by atoms with Gasteiger partial charge in [-0.3, -0.25) is 0 Å². The highest BCUT2D eigenvalue weighted by atomic mass is 32.2. The van der Waals surface area contributed by atoms with E-state index in [9.17, 15) is 8.42 Å². The van der Waals surface area contributed by atoms with Crippen molar-refractivity contribution in [1.29, 1.82) is 0 Å². The van der Waals surface area contributed by atoms with Crippen LogP contribution in [-0.4, -0.2) is 26.0 Å². The van der Waals surface area contributed by atoms with Gasteiger partial charge in [0.25, 0.3) is 0 Å². The summed E-state index contributed by atoms with van der Waals surface area (Å²) >= 11 is 0. The minimum absolute atomic E-state index is 0.222. The summed E-state index contributed by atoms with van der Waals surface area (Å²) in [7, 11) is -2.82. The minimum Gasteiger partial charge on any atom is -0.327 e. The van der Waals surface area contributed by atoms with Crippen LogP contribution in [0.4, 0.5) is 0 Å². The van der Waals surface area contributed by atoms with Gasteiger partial charge in [0.05, 0.1) is 5.75 Å². The van der Waals surface area contributed by atoms with E-state index < -0.39 is 9.84 Å². The Morgan fingerprint density at radius 3 is 2.50 bits per heavy atom. The largest absolute Gasteiger partial charge is 0.327 e. The predicted octanol–water partition coefficient (Wildman–Crippen LogP) is 2.11. The molecule has 0 heterocycles. The first-order valence-electron chi connectivity index (χ1n) is 6.51. The summed E-state index contributed by atoms with van der Waals surface area (Å²) in [5.74, 6) is 1.09. The van der Waals surface area contributed by atoms with Crippen LogP contribution < -0.4 is 5.73 Å². The Morgan fingerprint density at radius 2 is 1.81 bits per heavy atom. The molecular weight excluding hydrogens is 222 g/mol. The third kappa shape index (κ3) is 4.83. The van der Waals surface area contributed by atoms with Gasteiger partial charge in [-0.25, -0.2) is 8.42 Å².